The summed E-state index contributed by atoms with van der Waals surface area (Å²) in [5, 5.41) is 9.59. The lowest BCUT2D eigenvalue weighted by Crippen LogP contribution is -2.24. The Hall–Kier alpha value is -2.45. The molecule has 1 N–H and O–H groups in total. The van der Waals surface area contributed by atoms with Crippen molar-refractivity contribution in [2.45, 2.75) is 19.9 Å². The van der Waals surface area contributed by atoms with Gasteiger partial charge in [-0.1, -0.05) is 0 Å². The first-order chi connectivity index (χ1) is 12.1. The second-order valence-corrected chi connectivity index (χ2v) is 6.92. The fraction of sp³-hybridized carbons (Fsp3) is 0.235. The van der Waals surface area contributed by atoms with Crippen molar-refractivity contribution in [3.8, 4) is 10.6 Å². The molecule has 6 nitrogen and oxygen atoms in total. The van der Waals surface area contributed by atoms with Crippen molar-refractivity contribution in [2.75, 3.05) is 7.11 Å². The molecule has 0 saturated carbocycles. The monoisotopic (exact) mass is 376 g/mol. The molecule has 0 radical (unpaired) electrons. The number of rotatable bonds is 6. The van der Waals surface area contributed by atoms with Crippen LogP contribution in [0.2, 0.25) is 0 Å². The molecule has 0 atom stereocenters. The number of hydrogen-bond donors (Lipinski definition) is 1. The Kier molecular flexibility index (Phi) is 5.30. The minimum absolute atomic E-state index is 0.157. The van der Waals surface area contributed by atoms with Crippen LogP contribution in [0.5, 0.6) is 0 Å². The molecule has 130 valence electrons. The third-order valence-electron chi connectivity index (χ3n) is 3.50. The standard InChI is InChI=1S/C17H16N2O4S2/c1-10-14(17(21)22-2)6-13(23-10)7-18-15(20)5-12-9-25-16(19-12)11-3-4-24-8-11/h3-4,6,8-9H,5,7H2,1-2H3,(H,18,20). The highest BCUT2D eigenvalue weighted by atomic mass is 32.1. The molecule has 0 spiro atoms. The second kappa shape index (κ2) is 7.62. The van der Waals surface area contributed by atoms with Gasteiger partial charge in [-0.2, -0.15) is 11.3 Å². The highest BCUT2D eigenvalue weighted by Gasteiger charge is 2.16. The number of carbonyl (C=O) groups is 2. The van der Waals surface area contributed by atoms with E-state index in [0.717, 1.165) is 16.3 Å². The Morgan fingerprint density at radius 2 is 2.20 bits per heavy atom. The summed E-state index contributed by atoms with van der Waals surface area (Å²) in [6, 6.07) is 3.59. The van der Waals surface area contributed by atoms with Gasteiger partial charge in [0.15, 0.2) is 0 Å². The smallest absolute Gasteiger partial charge is 0.341 e. The van der Waals surface area contributed by atoms with Crippen LogP contribution in [0.25, 0.3) is 10.6 Å². The van der Waals surface area contributed by atoms with Crippen LogP contribution in [0.15, 0.2) is 32.7 Å². The first-order valence-electron chi connectivity index (χ1n) is 7.48. The van der Waals surface area contributed by atoms with Crippen LogP contribution in [-0.2, 0) is 22.5 Å². The van der Waals surface area contributed by atoms with Crippen LogP contribution < -0.4 is 5.32 Å². The summed E-state index contributed by atoms with van der Waals surface area (Å²) in [6.45, 7) is 1.89. The zero-order chi connectivity index (χ0) is 17.8. The van der Waals surface area contributed by atoms with Gasteiger partial charge in [-0.15, -0.1) is 11.3 Å². The van der Waals surface area contributed by atoms with Gasteiger partial charge in [0, 0.05) is 16.3 Å². The molecule has 0 aliphatic carbocycles. The first-order valence-corrected chi connectivity index (χ1v) is 9.30. The normalized spacial score (nSPS) is 10.6. The van der Waals surface area contributed by atoms with Crippen molar-refractivity contribution in [3.05, 3.63) is 51.1 Å². The largest absolute Gasteiger partial charge is 0.465 e. The van der Waals surface area contributed by atoms with Gasteiger partial charge in [-0.05, 0) is 24.4 Å². The summed E-state index contributed by atoms with van der Waals surface area (Å²) in [4.78, 5) is 28.1. The topological polar surface area (TPSA) is 81.4 Å². The first kappa shape index (κ1) is 17.4. The van der Waals surface area contributed by atoms with E-state index in [-0.39, 0.29) is 18.9 Å². The minimum Gasteiger partial charge on any atom is -0.465 e. The van der Waals surface area contributed by atoms with E-state index in [1.165, 1.54) is 18.4 Å². The van der Waals surface area contributed by atoms with Crippen molar-refractivity contribution in [3.63, 3.8) is 0 Å². The fourth-order valence-corrected chi connectivity index (χ4v) is 3.79. The van der Waals surface area contributed by atoms with Crippen molar-refractivity contribution >= 4 is 34.6 Å². The van der Waals surface area contributed by atoms with E-state index >= 15 is 0 Å². The zero-order valence-electron chi connectivity index (χ0n) is 13.7. The number of methoxy groups -OCH3 is 1. The Balaban J connectivity index is 1.56. The van der Waals surface area contributed by atoms with E-state index in [9.17, 15) is 9.59 Å². The summed E-state index contributed by atoms with van der Waals surface area (Å²) in [5.41, 5.74) is 2.17. The predicted molar refractivity (Wildman–Crippen MR) is 95.8 cm³/mol. The lowest BCUT2D eigenvalue weighted by atomic mass is 10.2. The predicted octanol–water partition coefficient (Wildman–Crippen LogP) is 3.42. The highest BCUT2D eigenvalue weighted by Crippen LogP contribution is 2.25. The Morgan fingerprint density at radius 3 is 2.92 bits per heavy atom. The number of aromatic nitrogens is 1. The average Bonchev–Trinajstić information content (AvgIpc) is 3.32. The highest BCUT2D eigenvalue weighted by molar-refractivity contribution is 7.14. The summed E-state index contributed by atoms with van der Waals surface area (Å²) in [7, 11) is 1.31. The molecule has 8 heteroatoms. The van der Waals surface area contributed by atoms with Gasteiger partial charge in [0.2, 0.25) is 5.91 Å². The van der Waals surface area contributed by atoms with Crippen LogP contribution in [0.1, 0.15) is 27.6 Å². The quantitative estimate of drug-likeness (QED) is 0.667. The Morgan fingerprint density at radius 1 is 1.36 bits per heavy atom. The number of aryl methyl sites for hydroxylation is 1. The number of ether oxygens (including phenoxy) is 1. The average molecular weight is 376 g/mol. The molecule has 25 heavy (non-hydrogen) atoms. The Bertz CT molecular complexity index is 880. The molecule has 3 aromatic rings. The molecule has 0 aliphatic heterocycles. The molecule has 0 saturated heterocycles. The van der Waals surface area contributed by atoms with Crippen molar-refractivity contribution < 1.29 is 18.7 Å². The van der Waals surface area contributed by atoms with Gasteiger partial charge in [0.1, 0.15) is 22.1 Å². The van der Waals surface area contributed by atoms with Crippen molar-refractivity contribution in [1.29, 1.82) is 0 Å². The number of thiophene rings is 1. The van der Waals surface area contributed by atoms with Gasteiger partial charge in [0.05, 0.1) is 25.8 Å². The maximum atomic E-state index is 12.1. The zero-order valence-corrected chi connectivity index (χ0v) is 15.3. The molecular weight excluding hydrogens is 360 g/mol. The lowest BCUT2D eigenvalue weighted by Gasteiger charge is -2.01. The molecular formula is C17H16N2O4S2. The summed E-state index contributed by atoms with van der Waals surface area (Å²) in [6.07, 6.45) is 0.199. The number of nitrogens with one attached hydrogen (secondary N) is 1. The minimum atomic E-state index is -0.456. The van der Waals surface area contributed by atoms with Crippen LogP contribution in [0.4, 0.5) is 0 Å². The second-order valence-electron chi connectivity index (χ2n) is 5.28. The van der Waals surface area contributed by atoms with E-state index in [0.29, 0.717) is 17.1 Å². The molecule has 0 fully saturated rings. The molecule has 3 rings (SSSR count). The lowest BCUT2D eigenvalue weighted by molar-refractivity contribution is -0.120. The summed E-state index contributed by atoms with van der Waals surface area (Å²) < 4.78 is 10.1. The number of carbonyl (C=O) groups excluding carboxylic acids is 2. The molecule has 0 aromatic carbocycles. The van der Waals surface area contributed by atoms with Crippen LogP contribution in [-0.4, -0.2) is 24.0 Å². The maximum Gasteiger partial charge on any atom is 0.341 e. The van der Waals surface area contributed by atoms with E-state index < -0.39 is 5.97 Å². The maximum absolute atomic E-state index is 12.1. The number of nitrogens with zero attached hydrogens (tertiary/aromatic N) is 1. The van der Waals surface area contributed by atoms with Crippen LogP contribution >= 0.6 is 22.7 Å². The molecule has 1 amide bonds. The van der Waals surface area contributed by atoms with E-state index in [2.05, 4.69) is 15.0 Å². The van der Waals surface area contributed by atoms with Crippen molar-refractivity contribution in [1.82, 2.24) is 10.3 Å². The number of thiazole rings is 1. The van der Waals surface area contributed by atoms with Gasteiger partial charge in [-0.25, -0.2) is 9.78 Å². The number of esters is 1. The van der Waals surface area contributed by atoms with Gasteiger partial charge in [-0.3, -0.25) is 4.79 Å². The summed E-state index contributed by atoms with van der Waals surface area (Å²) in [5.74, 6) is 0.359. The number of amides is 1. The van der Waals surface area contributed by atoms with Crippen LogP contribution in [0, 0.1) is 6.92 Å². The Labute approximate surface area is 152 Å². The number of hydrogen-bond acceptors (Lipinski definition) is 7. The van der Waals surface area contributed by atoms with E-state index in [1.807, 2.05) is 22.2 Å². The van der Waals surface area contributed by atoms with Crippen LogP contribution in [0.3, 0.4) is 0 Å². The molecule has 0 unspecified atom stereocenters. The van der Waals surface area contributed by atoms with Crippen molar-refractivity contribution in [2.24, 2.45) is 0 Å². The fourth-order valence-electron chi connectivity index (χ4n) is 2.26. The van der Waals surface area contributed by atoms with E-state index in [4.69, 9.17) is 4.42 Å². The van der Waals surface area contributed by atoms with Gasteiger partial charge in [0.25, 0.3) is 0 Å². The van der Waals surface area contributed by atoms with Gasteiger partial charge < -0.3 is 14.5 Å². The van der Waals surface area contributed by atoms with Gasteiger partial charge >= 0.3 is 5.97 Å². The molecule has 0 bridgehead atoms. The number of furan rings is 1. The van der Waals surface area contributed by atoms with E-state index in [1.54, 1.807) is 24.3 Å². The third kappa shape index (κ3) is 4.15. The SMILES string of the molecule is COC(=O)c1cc(CNC(=O)Cc2csc(-c3ccsc3)n2)oc1C. The molecule has 3 heterocycles. The third-order valence-corrected chi connectivity index (χ3v) is 5.12. The summed E-state index contributed by atoms with van der Waals surface area (Å²) >= 11 is 3.13. The molecule has 0 aliphatic rings. The molecule has 3 aromatic heterocycles.